The second-order valence-electron chi connectivity index (χ2n) is 6.02. The minimum absolute atomic E-state index is 0.129. The van der Waals surface area contributed by atoms with Gasteiger partial charge in [0.2, 0.25) is 0 Å². The number of allylic oxidation sites excluding steroid dienone is 4. The van der Waals surface area contributed by atoms with Crippen LogP contribution in [0.4, 0.5) is 0 Å². The zero-order valence-corrected chi connectivity index (χ0v) is 15.1. The van der Waals surface area contributed by atoms with Crippen molar-refractivity contribution in [3.8, 4) is 0 Å². The van der Waals surface area contributed by atoms with E-state index in [1.54, 1.807) is 0 Å². The van der Waals surface area contributed by atoms with Crippen molar-refractivity contribution in [1.82, 2.24) is 0 Å². The molecule has 0 bridgehead atoms. The van der Waals surface area contributed by atoms with Crippen LogP contribution < -0.4 is 0 Å². The molecule has 1 N–H and O–H groups in total. The molecule has 0 rings (SSSR count). The van der Waals surface area contributed by atoms with Crippen molar-refractivity contribution < 1.29 is 14.6 Å². The van der Waals surface area contributed by atoms with Crippen LogP contribution in [-0.4, -0.2) is 23.8 Å². The highest BCUT2D eigenvalue weighted by Gasteiger charge is 2.06. The van der Waals surface area contributed by atoms with Crippen molar-refractivity contribution in [3.63, 3.8) is 0 Å². The van der Waals surface area contributed by atoms with Gasteiger partial charge in [0.1, 0.15) is 6.61 Å². The van der Waals surface area contributed by atoms with E-state index in [2.05, 4.69) is 31.2 Å². The maximum atomic E-state index is 11.4. The van der Waals surface area contributed by atoms with E-state index in [1.165, 1.54) is 25.7 Å². The van der Waals surface area contributed by atoms with Crippen molar-refractivity contribution in [1.29, 1.82) is 0 Å². The molecule has 1 unspecified atom stereocenters. The fourth-order valence-corrected chi connectivity index (χ4v) is 2.11. The predicted octanol–water partition coefficient (Wildman–Crippen LogP) is 5.33. The molecule has 1 atom stereocenters. The molecule has 0 aromatic heterocycles. The molecule has 0 heterocycles. The van der Waals surface area contributed by atoms with Crippen LogP contribution in [0.5, 0.6) is 0 Å². The summed E-state index contributed by atoms with van der Waals surface area (Å²) in [6, 6.07) is 0. The Balaban J connectivity index is 3.35. The number of hydrogen-bond donors (Lipinski definition) is 1. The normalized spacial score (nSPS) is 13.0. The highest BCUT2D eigenvalue weighted by Crippen LogP contribution is 2.06. The van der Waals surface area contributed by atoms with E-state index in [0.717, 1.165) is 32.1 Å². The molecule has 23 heavy (non-hydrogen) atoms. The molecule has 3 heteroatoms. The van der Waals surface area contributed by atoms with Gasteiger partial charge >= 0.3 is 5.97 Å². The highest BCUT2D eigenvalue weighted by molar-refractivity contribution is 5.69. The zero-order chi connectivity index (χ0) is 17.2. The first-order chi connectivity index (χ1) is 11.2. The van der Waals surface area contributed by atoms with Gasteiger partial charge in [0.15, 0.2) is 0 Å². The Bertz CT molecular complexity index is 321. The van der Waals surface area contributed by atoms with E-state index in [9.17, 15) is 9.90 Å². The van der Waals surface area contributed by atoms with Crippen LogP contribution in [0.25, 0.3) is 0 Å². The van der Waals surface area contributed by atoms with Crippen LogP contribution in [0, 0.1) is 0 Å². The minimum atomic E-state index is -0.523. The van der Waals surface area contributed by atoms with Gasteiger partial charge in [0.05, 0.1) is 6.10 Å². The van der Waals surface area contributed by atoms with E-state index < -0.39 is 6.10 Å². The lowest BCUT2D eigenvalue weighted by Gasteiger charge is -2.08. The molecule has 0 amide bonds. The second kappa shape index (κ2) is 17.3. The first kappa shape index (κ1) is 21.9. The summed E-state index contributed by atoms with van der Waals surface area (Å²) in [6.45, 7) is 4.23. The Morgan fingerprint density at radius 2 is 1.61 bits per heavy atom. The van der Waals surface area contributed by atoms with E-state index in [4.69, 9.17) is 4.74 Å². The summed E-state index contributed by atoms with van der Waals surface area (Å²) in [6.07, 6.45) is 19.8. The summed E-state index contributed by atoms with van der Waals surface area (Å²) in [5, 5.41) is 9.30. The van der Waals surface area contributed by atoms with Gasteiger partial charge in [-0.1, -0.05) is 57.4 Å². The van der Waals surface area contributed by atoms with Gasteiger partial charge < -0.3 is 9.84 Å². The van der Waals surface area contributed by atoms with Crippen LogP contribution in [0.1, 0.15) is 84.5 Å². The molecule has 0 aliphatic carbocycles. The van der Waals surface area contributed by atoms with Crippen LogP contribution in [0.2, 0.25) is 0 Å². The van der Waals surface area contributed by atoms with Crippen molar-refractivity contribution in [2.24, 2.45) is 0 Å². The van der Waals surface area contributed by atoms with Gasteiger partial charge in [-0.2, -0.15) is 0 Å². The second-order valence-corrected chi connectivity index (χ2v) is 6.02. The molecule has 0 saturated carbocycles. The van der Waals surface area contributed by atoms with Crippen LogP contribution in [0.15, 0.2) is 24.3 Å². The van der Waals surface area contributed by atoms with Crippen LogP contribution in [0.3, 0.4) is 0 Å². The Kier molecular flexibility index (Phi) is 16.4. The number of ether oxygens (including phenoxy) is 1. The first-order valence-corrected chi connectivity index (χ1v) is 9.34. The first-order valence-electron chi connectivity index (χ1n) is 9.34. The molecule has 0 aliphatic rings. The Morgan fingerprint density at radius 1 is 0.957 bits per heavy atom. The maximum Gasteiger partial charge on any atom is 0.305 e. The van der Waals surface area contributed by atoms with Crippen LogP contribution in [-0.2, 0) is 9.53 Å². The average Bonchev–Trinajstić information content (AvgIpc) is 2.56. The summed E-state index contributed by atoms with van der Waals surface area (Å²) < 4.78 is 4.99. The molecule has 0 fully saturated rings. The lowest BCUT2D eigenvalue weighted by molar-refractivity contribution is -0.146. The lowest BCUT2D eigenvalue weighted by atomic mass is 10.1. The Morgan fingerprint density at radius 3 is 2.22 bits per heavy atom. The maximum absolute atomic E-state index is 11.4. The third-order valence-corrected chi connectivity index (χ3v) is 3.74. The standard InChI is InChI=1S/C20H36O3/c1-3-5-6-7-8-9-10-11-12-13-14-15-16-17-20(22)23-18-19(21)4-2/h8-9,11-12,19,21H,3-7,10,13-18H2,1-2H3/b9-8-,12-11-. The number of aliphatic hydroxyl groups excluding tert-OH is 1. The van der Waals surface area contributed by atoms with Crippen molar-refractivity contribution >= 4 is 5.97 Å². The number of carbonyl (C=O) groups excluding carboxylic acids is 1. The SMILES string of the molecule is CCCCC/C=C\C/C=C\CCCCCC(=O)OCC(O)CC. The number of aliphatic hydroxyl groups is 1. The van der Waals surface area contributed by atoms with Crippen molar-refractivity contribution in [2.75, 3.05) is 6.61 Å². The number of hydrogen-bond acceptors (Lipinski definition) is 3. The molecule has 0 radical (unpaired) electrons. The summed E-state index contributed by atoms with van der Waals surface area (Å²) >= 11 is 0. The number of rotatable bonds is 15. The summed E-state index contributed by atoms with van der Waals surface area (Å²) in [4.78, 5) is 11.4. The van der Waals surface area contributed by atoms with Gasteiger partial charge in [-0.3, -0.25) is 4.79 Å². The fourth-order valence-electron chi connectivity index (χ4n) is 2.11. The third-order valence-electron chi connectivity index (χ3n) is 3.74. The van der Waals surface area contributed by atoms with E-state index in [-0.39, 0.29) is 12.6 Å². The number of unbranched alkanes of at least 4 members (excludes halogenated alkanes) is 6. The van der Waals surface area contributed by atoms with Crippen LogP contribution >= 0.6 is 0 Å². The quantitative estimate of drug-likeness (QED) is 0.251. The van der Waals surface area contributed by atoms with E-state index >= 15 is 0 Å². The van der Waals surface area contributed by atoms with Crippen molar-refractivity contribution in [2.45, 2.75) is 90.6 Å². The summed E-state index contributed by atoms with van der Waals surface area (Å²) in [5.41, 5.74) is 0. The third kappa shape index (κ3) is 17.1. The summed E-state index contributed by atoms with van der Waals surface area (Å²) in [7, 11) is 0. The van der Waals surface area contributed by atoms with E-state index in [0.29, 0.717) is 12.8 Å². The average molecular weight is 325 g/mol. The number of esters is 1. The molecule has 0 saturated heterocycles. The molecule has 3 nitrogen and oxygen atoms in total. The molecule has 0 aliphatic heterocycles. The fraction of sp³-hybridized carbons (Fsp3) is 0.750. The van der Waals surface area contributed by atoms with Gasteiger partial charge in [0, 0.05) is 6.42 Å². The highest BCUT2D eigenvalue weighted by atomic mass is 16.5. The molecular weight excluding hydrogens is 288 g/mol. The smallest absolute Gasteiger partial charge is 0.305 e. The minimum Gasteiger partial charge on any atom is -0.463 e. The largest absolute Gasteiger partial charge is 0.463 e. The Hall–Kier alpha value is -1.09. The van der Waals surface area contributed by atoms with Gasteiger partial charge in [0.25, 0.3) is 0 Å². The monoisotopic (exact) mass is 324 g/mol. The molecular formula is C20H36O3. The molecule has 0 aromatic carbocycles. The zero-order valence-electron chi connectivity index (χ0n) is 15.1. The lowest BCUT2D eigenvalue weighted by Crippen LogP contribution is -2.17. The molecule has 0 aromatic rings. The van der Waals surface area contributed by atoms with Gasteiger partial charge in [-0.05, 0) is 44.9 Å². The van der Waals surface area contributed by atoms with E-state index in [1.807, 2.05) is 6.92 Å². The molecule has 134 valence electrons. The van der Waals surface area contributed by atoms with Gasteiger partial charge in [-0.15, -0.1) is 0 Å². The summed E-state index contributed by atoms with van der Waals surface area (Å²) in [5.74, 6) is -0.193. The Labute approximate surface area is 142 Å². The van der Waals surface area contributed by atoms with Crippen molar-refractivity contribution in [3.05, 3.63) is 24.3 Å². The topological polar surface area (TPSA) is 46.5 Å². The predicted molar refractivity (Wildman–Crippen MR) is 97.4 cm³/mol. The molecule has 0 spiro atoms. The number of carbonyl (C=O) groups is 1. The van der Waals surface area contributed by atoms with Gasteiger partial charge in [-0.25, -0.2) is 0 Å².